The molecule has 2 aromatic carbocycles. The molecule has 0 N–H and O–H groups in total. The van der Waals surface area contributed by atoms with Crippen LogP contribution in [0, 0.1) is 0 Å². The number of benzene rings is 2. The second kappa shape index (κ2) is 11.6. The van der Waals surface area contributed by atoms with Gasteiger partial charge in [-0.05, 0) is 85.0 Å². The van der Waals surface area contributed by atoms with Gasteiger partial charge in [0.15, 0.2) is 0 Å². The molecule has 2 aromatic rings. The molecule has 0 heterocycles. The standard InChI is InChI=1S/C30H38F6N2O2.Co/c1-25(2,3)21-13-19(29(31,32)33)11-17(23(21)39)15-37-27(7,8)28(9,10)38-16-18-12-20(30(34,35)36)14-22(24(18)40)26(4,5)6;/h11-16,39-40H,1-10H3;/q;+2/p-2. The normalized spacial score (nSPS) is 14.1. The van der Waals surface area contributed by atoms with E-state index in [1.54, 1.807) is 69.2 Å². The zero-order chi connectivity index (χ0) is 31.3. The topological polar surface area (TPSA) is 70.8 Å². The Morgan fingerprint density at radius 1 is 0.537 bits per heavy atom. The molecule has 2 rings (SSSR count). The summed E-state index contributed by atoms with van der Waals surface area (Å²) in [5.74, 6) is -1.17. The van der Waals surface area contributed by atoms with Crippen LogP contribution in [0.15, 0.2) is 34.3 Å². The Labute approximate surface area is 248 Å². The summed E-state index contributed by atoms with van der Waals surface area (Å²) in [5, 5.41) is 26.0. The Kier molecular flexibility index (Phi) is 10.3. The predicted molar refractivity (Wildman–Crippen MR) is 143 cm³/mol. The molecule has 0 aromatic heterocycles. The molecule has 0 amide bonds. The van der Waals surface area contributed by atoms with E-state index in [-0.39, 0.29) is 39.0 Å². The summed E-state index contributed by atoms with van der Waals surface area (Å²) < 4.78 is 81.4. The van der Waals surface area contributed by atoms with Gasteiger partial charge in [0.2, 0.25) is 0 Å². The van der Waals surface area contributed by atoms with E-state index in [2.05, 4.69) is 9.98 Å². The third-order valence-electron chi connectivity index (χ3n) is 7.06. The summed E-state index contributed by atoms with van der Waals surface area (Å²) in [5.41, 5.74) is -6.48. The molecular weight excluding hydrogens is 593 g/mol. The number of halogens is 6. The fourth-order valence-corrected chi connectivity index (χ4v) is 3.71. The number of alkyl halides is 6. The molecule has 11 heteroatoms. The third kappa shape index (κ3) is 8.50. The van der Waals surface area contributed by atoms with Crippen molar-refractivity contribution >= 4 is 12.4 Å². The van der Waals surface area contributed by atoms with Gasteiger partial charge < -0.3 is 10.2 Å². The Morgan fingerprint density at radius 2 is 0.805 bits per heavy atom. The van der Waals surface area contributed by atoms with Crippen molar-refractivity contribution in [2.45, 2.75) is 103 Å². The van der Waals surface area contributed by atoms with Gasteiger partial charge in [-0.3, -0.25) is 9.98 Å². The van der Waals surface area contributed by atoms with E-state index in [0.717, 1.165) is 36.7 Å². The first-order valence-corrected chi connectivity index (χ1v) is 12.6. The molecule has 0 fully saturated rings. The number of hydrogen-bond acceptors (Lipinski definition) is 4. The molecule has 229 valence electrons. The van der Waals surface area contributed by atoms with Gasteiger partial charge in [-0.15, -0.1) is 0 Å². The summed E-state index contributed by atoms with van der Waals surface area (Å²) in [6, 6.07) is 3.18. The van der Waals surface area contributed by atoms with Crippen molar-refractivity contribution in [3.8, 4) is 11.5 Å². The fourth-order valence-electron chi connectivity index (χ4n) is 3.71. The average molecular weight is 630 g/mol. The van der Waals surface area contributed by atoms with Crippen molar-refractivity contribution in [2.24, 2.45) is 9.98 Å². The van der Waals surface area contributed by atoms with E-state index in [1.165, 1.54) is 0 Å². The van der Waals surface area contributed by atoms with E-state index in [1.807, 2.05) is 0 Å². The number of nitrogens with zero attached hydrogens (tertiary/aromatic N) is 2. The van der Waals surface area contributed by atoms with Crippen molar-refractivity contribution in [3.63, 3.8) is 0 Å². The molecule has 0 unspecified atom stereocenters. The molecule has 0 saturated heterocycles. The van der Waals surface area contributed by atoms with Crippen molar-refractivity contribution in [3.05, 3.63) is 57.6 Å². The van der Waals surface area contributed by atoms with Gasteiger partial charge in [-0.2, -0.15) is 26.3 Å². The molecule has 4 nitrogen and oxygen atoms in total. The van der Waals surface area contributed by atoms with Crippen LogP contribution in [-0.4, -0.2) is 23.5 Å². The summed E-state index contributed by atoms with van der Waals surface area (Å²) >= 11 is 0. The van der Waals surface area contributed by atoms with Crippen LogP contribution in [-0.2, 0) is 40.0 Å². The predicted octanol–water partition coefficient (Wildman–Crippen LogP) is 7.56. The molecule has 41 heavy (non-hydrogen) atoms. The van der Waals surface area contributed by atoms with Crippen LogP contribution in [0.2, 0.25) is 0 Å². The van der Waals surface area contributed by atoms with Crippen LogP contribution in [0.4, 0.5) is 26.3 Å². The molecule has 0 bridgehead atoms. The summed E-state index contributed by atoms with van der Waals surface area (Å²) in [7, 11) is 0. The van der Waals surface area contributed by atoms with Crippen molar-refractivity contribution < 1.29 is 53.3 Å². The van der Waals surface area contributed by atoms with Crippen LogP contribution < -0.4 is 10.2 Å². The Bertz CT molecular complexity index is 1210. The molecule has 0 atom stereocenters. The molecule has 0 aliphatic carbocycles. The fraction of sp³-hybridized carbons (Fsp3) is 0.533. The van der Waals surface area contributed by atoms with Crippen LogP contribution in [0.3, 0.4) is 0 Å². The van der Waals surface area contributed by atoms with E-state index in [4.69, 9.17) is 0 Å². The van der Waals surface area contributed by atoms with Gasteiger partial charge in [0.1, 0.15) is 0 Å². The molecule has 0 aliphatic rings. The first kappa shape index (κ1) is 36.5. The van der Waals surface area contributed by atoms with Crippen LogP contribution in [0.1, 0.15) is 103 Å². The van der Waals surface area contributed by atoms with E-state index < -0.39 is 56.9 Å². The molecule has 0 spiro atoms. The van der Waals surface area contributed by atoms with Crippen molar-refractivity contribution in [2.75, 3.05) is 0 Å². The monoisotopic (exact) mass is 629 g/mol. The van der Waals surface area contributed by atoms with Gasteiger partial charge in [-0.25, -0.2) is 0 Å². The minimum atomic E-state index is -4.68. The van der Waals surface area contributed by atoms with E-state index >= 15 is 0 Å². The minimum absolute atomic E-state index is 0. The minimum Gasteiger partial charge on any atom is -0.872 e. The zero-order valence-electron chi connectivity index (χ0n) is 24.8. The second-order valence-corrected chi connectivity index (χ2v) is 13.0. The summed E-state index contributed by atoms with van der Waals surface area (Å²) in [6.07, 6.45) is -7.21. The van der Waals surface area contributed by atoms with Gasteiger partial charge in [0.05, 0.1) is 22.2 Å². The van der Waals surface area contributed by atoms with Gasteiger partial charge in [0.25, 0.3) is 0 Å². The smallest absolute Gasteiger partial charge is 0.872 e. The van der Waals surface area contributed by atoms with Crippen molar-refractivity contribution in [1.82, 2.24) is 0 Å². The number of hydrogen-bond donors (Lipinski definition) is 0. The van der Waals surface area contributed by atoms with E-state index in [0.29, 0.717) is 0 Å². The maximum Gasteiger partial charge on any atom is 2.00 e. The first-order valence-electron chi connectivity index (χ1n) is 12.6. The SMILES string of the molecule is CC(C)(C)c1cc(C(F)(F)F)cc(C=NC(C)(C)C(C)(C)N=Cc2cc(C(F)(F)F)cc(C(C)(C)C)c2[O-])c1[O-].[Co+2]. The maximum atomic E-state index is 13.6. The van der Waals surface area contributed by atoms with Gasteiger partial charge in [0, 0.05) is 12.4 Å². The molecule has 0 aliphatic heterocycles. The Balaban J connectivity index is 0.00000840. The molecule has 0 saturated carbocycles. The largest absolute Gasteiger partial charge is 2.00 e. The third-order valence-corrected chi connectivity index (χ3v) is 7.06. The van der Waals surface area contributed by atoms with Gasteiger partial charge >= 0.3 is 29.1 Å². The van der Waals surface area contributed by atoms with Crippen LogP contribution >= 0.6 is 0 Å². The Hall–Kier alpha value is -2.53. The number of rotatable bonds is 5. The van der Waals surface area contributed by atoms with Crippen LogP contribution in [0.5, 0.6) is 11.5 Å². The summed E-state index contributed by atoms with van der Waals surface area (Å²) in [6.45, 7) is 16.3. The summed E-state index contributed by atoms with van der Waals surface area (Å²) in [4.78, 5) is 8.78. The maximum absolute atomic E-state index is 13.6. The van der Waals surface area contributed by atoms with Crippen LogP contribution in [0.25, 0.3) is 0 Å². The average Bonchev–Trinajstić information content (AvgIpc) is 2.74. The quantitative estimate of drug-likeness (QED) is 0.253. The molecule has 1 radical (unpaired) electrons. The molecular formula is C30H36CoF6N2O2. The number of aliphatic imine (C=N–C) groups is 2. The van der Waals surface area contributed by atoms with Gasteiger partial charge in [-0.1, -0.05) is 53.0 Å². The Morgan fingerprint density at radius 3 is 1.02 bits per heavy atom. The first-order chi connectivity index (χ1) is 17.7. The second-order valence-electron chi connectivity index (χ2n) is 13.0. The van der Waals surface area contributed by atoms with Crippen molar-refractivity contribution in [1.29, 1.82) is 0 Å². The zero-order valence-corrected chi connectivity index (χ0v) is 25.8. The van der Waals surface area contributed by atoms with E-state index in [9.17, 15) is 36.6 Å².